The smallest absolute Gasteiger partial charge is 0.255 e. The molecule has 0 fully saturated rings. The Labute approximate surface area is 118 Å². The molecule has 1 aliphatic rings. The molecule has 1 unspecified atom stereocenters. The summed E-state index contributed by atoms with van der Waals surface area (Å²) >= 11 is 0. The van der Waals surface area contributed by atoms with E-state index >= 15 is 0 Å². The van der Waals surface area contributed by atoms with Crippen LogP contribution in [0, 0.1) is 0 Å². The van der Waals surface area contributed by atoms with E-state index < -0.39 is 16.7 Å². The predicted octanol–water partition coefficient (Wildman–Crippen LogP) is 2.01. The summed E-state index contributed by atoms with van der Waals surface area (Å²) in [5.41, 5.74) is 5.60. The number of benzene rings is 2. The summed E-state index contributed by atoms with van der Waals surface area (Å²) in [5.74, 6) is -0.852. The van der Waals surface area contributed by atoms with Gasteiger partial charge in [0.1, 0.15) is 5.75 Å². The van der Waals surface area contributed by atoms with Crippen molar-refractivity contribution in [2.45, 2.75) is 5.25 Å². The molecule has 1 atom stereocenters. The first-order chi connectivity index (χ1) is 9.72. The van der Waals surface area contributed by atoms with Crippen molar-refractivity contribution in [1.82, 2.24) is 5.48 Å². The lowest BCUT2D eigenvalue weighted by atomic mass is 10.1. The molecule has 2 N–H and O–H groups in total. The Balaban J connectivity index is 2.07. The van der Waals surface area contributed by atoms with Crippen LogP contribution in [0.1, 0.15) is 16.4 Å². The molecule has 3 rings (SSSR count). The number of rotatable bonds is 3. The van der Waals surface area contributed by atoms with Crippen molar-refractivity contribution in [3.63, 3.8) is 0 Å². The van der Waals surface area contributed by atoms with Gasteiger partial charge in [-0.05, 0) is 22.3 Å². The standard InChI is InChI=1S/C15H13NO3S/c17-14(16-18)9-20(19)15-12-7-3-1-5-10(12)11-6-2-4-8-13(11)15/h1-8,15,18H,9H2,(H,16,17). The fourth-order valence-corrected chi connectivity index (χ4v) is 4.10. The molecule has 0 saturated carbocycles. The number of amides is 1. The average Bonchev–Trinajstić information content (AvgIpc) is 2.81. The summed E-state index contributed by atoms with van der Waals surface area (Å²) in [6, 6.07) is 15.6. The minimum Gasteiger partial charge on any atom is -0.289 e. The highest BCUT2D eigenvalue weighted by Gasteiger charge is 2.33. The molecule has 0 aliphatic heterocycles. The van der Waals surface area contributed by atoms with Crippen molar-refractivity contribution >= 4 is 16.7 Å². The molecule has 2 aromatic rings. The number of nitrogens with one attached hydrogen (secondary N) is 1. The zero-order chi connectivity index (χ0) is 14.1. The van der Waals surface area contributed by atoms with Gasteiger partial charge in [0.15, 0.2) is 0 Å². The second kappa shape index (κ2) is 5.19. The molecule has 0 bridgehead atoms. The van der Waals surface area contributed by atoms with Gasteiger partial charge in [0.2, 0.25) is 0 Å². The van der Waals surface area contributed by atoms with Gasteiger partial charge in [-0.2, -0.15) is 0 Å². The van der Waals surface area contributed by atoms with Gasteiger partial charge in [-0.1, -0.05) is 48.5 Å². The second-order valence-corrected chi connectivity index (χ2v) is 6.14. The largest absolute Gasteiger partial charge is 0.289 e. The molecule has 5 heteroatoms. The Morgan fingerprint density at radius 2 is 1.55 bits per heavy atom. The third-order valence-electron chi connectivity index (χ3n) is 3.44. The monoisotopic (exact) mass is 287 g/mol. The fraction of sp³-hybridized carbons (Fsp3) is 0.133. The van der Waals surface area contributed by atoms with E-state index in [2.05, 4.69) is 0 Å². The summed E-state index contributed by atoms with van der Waals surface area (Å²) in [6.45, 7) is 0. The Morgan fingerprint density at radius 1 is 1.05 bits per heavy atom. The van der Waals surface area contributed by atoms with Crippen LogP contribution in [0.3, 0.4) is 0 Å². The van der Waals surface area contributed by atoms with Crippen molar-refractivity contribution in [3.05, 3.63) is 59.7 Å². The van der Waals surface area contributed by atoms with Crippen LogP contribution < -0.4 is 5.48 Å². The summed E-state index contributed by atoms with van der Waals surface area (Å²) in [6.07, 6.45) is 0. The van der Waals surface area contributed by atoms with Crippen LogP contribution in [-0.4, -0.2) is 21.1 Å². The molecule has 102 valence electrons. The molecule has 0 heterocycles. The highest BCUT2D eigenvalue weighted by molar-refractivity contribution is 7.86. The number of hydroxylamine groups is 1. The van der Waals surface area contributed by atoms with Crippen LogP contribution in [0.15, 0.2) is 48.5 Å². The first kappa shape index (κ1) is 13.0. The molecular formula is C15H13NO3S. The lowest BCUT2D eigenvalue weighted by Gasteiger charge is -2.12. The highest BCUT2D eigenvalue weighted by Crippen LogP contribution is 2.46. The first-order valence-corrected chi connectivity index (χ1v) is 7.59. The van der Waals surface area contributed by atoms with Gasteiger partial charge in [-0.3, -0.25) is 14.2 Å². The topological polar surface area (TPSA) is 66.4 Å². The van der Waals surface area contributed by atoms with E-state index in [-0.39, 0.29) is 11.0 Å². The van der Waals surface area contributed by atoms with Crippen LogP contribution in [0.4, 0.5) is 0 Å². The van der Waals surface area contributed by atoms with Crippen LogP contribution >= 0.6 is 0 Å². The van der Waals surface area contributed by atoms with Crippen molar-refractivity contribution < 1.29 is 14.2 Å². The Morgan fingerprint density at radius 3 is 2.05 bits per heavy atom. The molecule has 0 spiro atoms. The third-order valence-corrected chi connectivity index (χ3v) is 5.02. The number of carbonyl (C=O) groups is 1. The van der Waals surface area contributed by atoms with E-state index in [1.165, 1.54) is 5.48 Å². The summed E-state index contributed by atoms with van der Waals surface area (Å²) in [7, 11) is -1.42. The zero-order valence-electron chi connectivity index (χ0n) is 10.6. The summed E-state index contributed by atoms with van der Waals surface area (Å²) in [5, 5.41) is 8.26. The molecule has 0 radical (unpaired) electrons. The molecule has 4 nitrogen and oxygen atoms in total. The summed E-state index contributed by atoms with van der Waals surface area (Å²) in [4.78, 5) is 11.2. The molecule has 1 amide bonds. The SMILES string of the molecule is O=C(CS(=O)C1c2ccccc2-c2ccccc21)NO. The van der Waals surface area contributed by atoms with Crippen molar-refractivity contribution in [1.29, 1.82) is 0 Å². The highest BCUT2D eigenvalue weighted by atomic mass is 32.2. The summed E-state index contributed by atoms with van der Waals surface area (Å²) < 4.78 is 12.5. The lowest BCUT2D eigenvalue weighted by Crippen LogP contribution is -2.26. The van der Waals surface area contributed by atoms with E-state index in [4.69, 9.17) is 5.21 Å². The van der Waals surface area contributed by atoms with Gasteiger partial charge in [-0.25, -0.2) is 5.48 Å². The first-order valence-electron chi connectivity index (χ1n) is 6.20. The van der Waals surface area contributed by atoms with Gasteiger partial charge in [0, 0.05) is 10.8 Å². The quantitative estimate of drug-likeness (QED) is 0.670. The average molecular weight is 287 g/mol. The minimum absolute atomic E-state index is 0.218. The van der Waals surface area contributed by atoms with Crippen LogP contribution in [0.25, 0.3) is 11.1 Å². The van der Waals surface area contributed by atoms with Gasteiger partial charge in [0.25, 0.3) is 5.91 Å². The molecule has 0 saturated heterocycles. The molecule has 0 aromatic heterocycles. The number of hydrogen-bond acceptors (Lipinski definition) is 3. The normalized spacial score (nSPS) is 14.4. The van der Waals surface area contributed by atoms with Gasteiger partial charge in [0.05, 0.1) is 5.25 Å². The third kappa shape index (κ3) is 2.05. The molecular weight excluding hydrogens is 274 g/mol. The van der Waals surface area contributed by atoms with Crippen molar-refractivity contribution in [2.24, 2.45) is 0 Å². The van der Waals surface area contributed by atoms with Gasteiger partial charge < -0.3 is 0 Å². The van der Waals surface area contributed by atoms with Crippen LogP contribution in [0.2, 0.25) is 0 Å². The maximum Gasteiger partial charge on any atom is 0.255 e. The van der Waals surface area contributed by atoms with E-state index in [0.29, 0.717) is 0 Å². The second-order valence-electron chi connectivity index (χ2n) is 4.61. The maximum atomic E-state index is 12.5. The zero-order valence-corrected chi connectivity index (χ0v) is 11.4. The Bertz CT molecular complexity index is 654. The van der Waals surface area contributed by atoms with Gasteiger partial charge >= 0.3 is 0 Å². The number of fused-ring (bicyclic) bond motifs is 3. The van der Waals surface area contributed by atoms with Crippen molar-refractivity contribution in [3.8, 4) is 11.1 Å². The maximum absolute atomic E-state index is 12.5. The van der Waals surface area contributed by atoms with E-state index in [9.17, 15) is 9.00 Å². The van der Waals surface area contributed by atoms with E-state index in [0.717, 1.165) is 22.3 Å². The Hall–Kier alpha value is -1.98. The predicted molar refractivity (Wildman–Crippen MR) is 76.7 cm³/mol. The van der Waals surface area contributed by atoms with Crippen LogP contribution in [-0.2, 0) is 15.6 Å². The molecule has 20 heavy (non-hydrogen) atoms. The van der Waals surface area contributed by atoms with Crippen LogP contribution in [0.5, 0.6) is 0 Å². The fourth-order valence-electron chi connectivity index (χ4n) is 2.64. The molecule has 1 aliphatic carbocycles. The van der Waals surface area contributed by atoms with Gasteiger partial charge in [-0.15, -0.1) is 0 Å². The lowest BCUT2D eigenvalue weighted by molar-refractivity contribution is -0.126. The number of hydrogen-bond donors (Lipinski definition) is 2. The van der Waals surface area contributed by atoms with E-state index in [1.807, 2.05) is 48.5 Å². The van der Waals surface area contributed by atoms with Crippen molar-refractivity contribution in [2.75, 3.05) is 5.75 Å². The minimum atomic E-state index is -1.42. The Kier molecular flexibility index (Phi) is 3.38. The van der Waals surface area contributed by atoms with E-state index in [1.54, 1.807) is 0 Å². The number of carbonyl (C=O) groups excluding carboxylic acids is 1. The molecule has 2 aromatic carbocycles.